The Morgan fingerprint density at radius 1 is 1.12 bits per heavy atom. The second-order valence-electron chi connectivity index (χ2n) is 11.2. The number of likely N-dealkylation sites (N-methyl/N-ethyl adjacent to an activating group) is 1. The van der Waals surface area contributed by atoms with Gasteiger partial charge in [0, 0.05) is 35.6 Å². The summed E-state index contributed by atoms with van der Waals surface area (Å²) < 4.78 is 17.2. The summed E-state index contributed by atoms with van der Waals surface area (Å²) >= 11 is 0. The number of carbonyl (C=O) groups excluding carboxylic acids is 3. The molecule has 214 valence electrons. The largest absolute Gasteiger partial charge is 0.507 e. The molecule has 0 spiro atoms. The van der Waals surface area contributed by atoms with Gasteiger partial charge >= 0.3 is 5.97 Å². The van der Waals surface area contributed by atoms with Crippen molar-refractivity contribution in [3.05, 3.63) is 57.6 Å². The van der Waals surface area contributed by atoms with Gasteiger partial charge in [-0.15, -0.1) is 0 Å². The van der Waals surface area contributed by atoms with Crippen LogP contribution in [0, 0.1) is 0 Å². The van der Waals surface area contributed by atoms with E-state index >= 15 is 0 Å². The van der Waals surface area contributed by atoms with E-state index in [0.717, 1.165) is 7.11 Å². The van der Waals surface area contributed by atoms with Gasteiger partial charge in [-0.3, -0.25) is 14.4 Å². The average molecular weight is 556 g/mol. The van der Waals surface area contributed by atoms with Crippen LogP contribution >= 0.6 is 0 Å². The van der Waals surface area contributed by atoms with Crippen molar-refractivity contribution < 1.29 is 49.0 Å². The van der Waals surface area contributed by atoms with Crippen LogP contribution in [0.3, 0.4) is 0 Å². The van der Waals surface area contributed by atoms with Crippen molar-refractivity contribution in [2.75, 3.05) is 21.2 Å². The lowest BCUT2D eigenvalue weighted by Crippen LogP contribution is -2.54. The molecule has 0 aromatic heterocycles. The molecule has 40 heavy (non-hydrogen) atoms. The van der Waals surface area contributed by atoms with Gasteiger partial charge < -0.3 is 39.5 Å². The molecule has 4 N–H and O–H groups in total. The molecule has 1 saturated heterocycles. The minimum absolute atomic E-state index is 0.0419. The smallest absolute Gasteiger partial charge is 0.316 e. The van der Waals surface area contributed by atoms with Crippen molar-refractivity contribution in [3.8, 4) is 11.5 Å². The zero-order valence-electron chi connectivity index (χ0n) is 22.9. The van der Waals surface area contributed by atoms with E-state index in [2.05, 4.69) is 0 Å². The Morgan fingerprint density at radius 3 is 2.48 bits per heavy atom. The van der Waals surface area contributed by atoms with Gasteiger partial charge in [0.25, 0.3) is 0 Å². The Balaban J connectivity index is 1.67. The maximum Gasteiger partial charge on any atom is 0.316 e. The highest BCUT2D eigenvalue weighted by atomic mass is 16.7. The molecule has 1 heterocycles. The summed E-state index contributed by atoms with van der Waals surface area (Å²) in [4.78, 5) is 41.9. The van der Waals surface area contributed by atoms with E-state index in [1.165, 1.54) is 31.2 Å². The Kier molecular flexibility index (Phi) is 7.00. The first-order valence-corrected chi connectivity index (χ1v) is 13.0. The Morgan fingerprint density at radius 2 is 1.82 bits per heavy atom. The minimum atomic E-state index is -1.73. The molecule has 5 rings (SSSR count). The predicted octanol–water partition coefficient (Wildman–Crippen LogP) is 1.77. The number of esters is 1. The molecule has 0 radical (unpaired) electrons. The number of methoxy groups -OCH3 is 1. The molecule has 4 unspecified atom stereocenters. The number of hydrogen-bond donors (Lipinski definition) is 4. The number of ketones is 2. The van der Waals surface area contributed by atoms with Crippen LogP contribution in [0.2, 0.25) is 0 Å². The molecule has 7 atom stereocenters. The van der Waals surface area contributed by atoms with Crippen molar-refractivity contribution in [2.45, 2.75) is 68.9 Å². The second kappa shape index (κ2) is 9.93. The minimum Gasteiger partial charge on any atom is -0.507 e. The van der Waals surface area contributed by atoms with Crippen molar-refractivity contribution in [3.63, 3.8) is 0 Å². The number of aliphatic hydroxyl groups is 2. The van der Waals surface area contributed by atoms with E-state index in [1.54, 1.807) is 6.92 Å². The van der Waals surface area contributed by atoms with Gasteiger partial charge in [-0.25, -0.2) is 0 Å². The molecule has 2 aromatic rings. The van der Waals surface area contributed by atoms with Crippen molar-refractivity contribution in [2.24, 2.45) is 0 Å². The first-order valence-electron chi connectivity index (χ1n) is 13.0. The number of phenolic OH excluding ortho intramolecular Hbond substituents is 2. The number of phenols is 2. The molecule has 3 aliphatic rings. The number of carbonyl (C=O) groups is 3. The van der Waals surface area contributed by atoms with E-state index in [1.807, 2.05) is 19.0 Å². The standard InChI is InChI=1S/C29H33NO10/c1-12-24(32)16(30(3)4)10-19(39-12)40-18-11-29(2,37)23(28(36)38-5)14-9-15-22(27(35)21(14)18)26(34)20-13(25(15)33)7-6-8-17(20)31/h6-9,12,16,18-19,23-24,31-32,35,37H,10-11H2,1-5H3/t12?,16?,18-,19?,23-,24?,29+/m0/s1. The highest BCUT2D eigenvalue weighted by molar-refractivity contribution is 6.30. The van der Waals surface area contributed by atoms with Crippen LogP contribution < -0.4 is 0 Å². The van der Waals surface area contributed by atoms with Gasteiger partial charge in [0.1, 0.15) is 17.4 Å². The SMILES string of the molecule is COC(=O)[C@@H]1c2cc3c(c(O)c2[C@@H](OC2CC(N(C)C)C(O)C(C)O2)C[C@@]1(C)O)C(=O)c1c(O)cccc1C3=O. The number of fused-ring (bicyclic) bond motifs is 3. The fraction of sp³-hybridized carbons (Fsp3) is 0.483. The third-order valence-corrected chi connectivity index (χ3v) is 8.30. The van der Waals surface area contributed by atoms with E-state index in [9.17, 15) is 34.8 Å². The summed E-state index contributed by atoms with van der Waals surface area (Å²) in [5.74, 6) is -4.47. The van der Waals surface area contributed by atoms with Crippen molar-refractivity contribution in [1.82, 2.24) is 4.90 Å². The number of ether oxygens (including phenoxy) is 3. The molecule has 1 fully saturated rings. The van der Waals surface area contributed by atoms with Crippen LogP contribution in [0.15, 0.2) is 24.3 Å². The van der Waals surface area contributed by atoms with Crippen LogP contribution in [-0.4, -0.2) is 94.2 Å². The highest BCUT2D eigenvalue weighted by Gasteiger charge is 2.51. The monoisotopic (exact) mass is 555 g/mol. The lowest BCUT2D eigenvalue weighted by Gasteiger charge is -2.45. The van der Waals surface area contributed by atoms with Crippen LogP contribution in [0.4, 0.5) is 0 Å². The van der Waals surface area contributed by atoms with Gasteiger partial charge in [0.15, 0.2) is 12.1 Å². The first-order chi connectivity index (χ1) is 18.8. The summed E-state index contributed by atoms with van der Waals surface area (Å²) in [6.07, 6.45) is -3.23. The van der Waals surface area contributed by atoms with Gasteiger partial charge in [0.2, 0.25) is 5.78 Å². The fourth-order valence-electron chi connectivity index (χ4n) is 6.29. The molecule has 1 aliphatic heterocycles. The quantitative estimate of drug-likeness (QED) is 0.347. The van der Waals surface area contributed by atoms with Gasteiger partial charge in [-0.2, -0.15) is 0 Å². The van der Waals surface area contributed by atoms with E-state index < -0.39 is 65.2 Å². The van der Waals surface area contributed by atoms with Crippen LogP contribution in [0.25, 0.3) is 0 Å². The van der Waals surface area contributed by atoms with Crippen LogP contribution in [0.1, 0.15) is 81.7 Å². The Labute approximate surface area is 230 Å². The zero-order chi connectivity index (χ0) is 29.3. The number of benzene rings is 2. The summed E-state index contributed by atoms with van der Waals surface area (Å²) in [5, 5.41) is 44.1. The molecular formula is C29H33NO10. The molecule has 0 amide bonds. The predicted molar refractivity (Wildman–Crippen MR) is 139 cm³/mol. The summed E-state index contributed by atoms with van der Waals surface area (Å²) in [6.45, 7) is 3.14. The first kappa shape index (κ1) is 28.2. The molecule has 2 aliphatic carbocycles. The molecular weight excluding hydrogens is 522 g/mol. The second-order valence-corrected chi connectivity index (χ2v) is 11.2. The maximum absolute atomic E-state index is 13.6. The molecule has 2 aromatic carbocycles. The van der Waals surface area contributed by atoms with Gasteiger partial charge in [-0.05, 0) is 45.6 Å². The third kappa shape index (κ3) is 4.29. The van der Waals surface area contributed by atoms with Crippen LogP contribution in [0.5, 0.6) is 11.5 Å². The van der Waals surface area contributed by atoms with Crippen molar-refractivity contribution >= 4 is 17.5 Å². The highest BCUT2D eigenvalue weighted by Crippen LogP contribution is 2.53. The number of aliphatic hydroxyl groups excluding tert-OH is 1. The van der Waals surface area contributed by atoms with Crippen LogP contribution in [-0.2, 0) is 19.0 Å². The maximum atomic E-state index is 13.6. The topological polar surface area (TPSA) is 163 Å². The molecule has 0 bridgehead atoms. The Bertz CT molecular complexity index is 1400. The number of hydrogen-bond acceptors (Lipinski definition) is 11. The summed E-state index contributed by atoms with van der Waals surface area (Å²) in [6, 6.07) is 5.11. The van der Waals surface area contributed by atoms with Crippen molar-refractivity contribution in [1.29, 1.82) is 0 Å². The van der Waals surface area contributed by atoms with E-state index in [-0.39, 0.29) is 52.3 Å². The molecule has 11 heteroatoms. The lowest BCUT2D eigenvalue weighted by atomic mass is 9.68. The number of rotatable bonds is 4. The molecule has 0 saturated carbocycles. The number of nitrogens with zero attached hydrogens (tertiary/aromatic N) is 1. The summed E-state index contributed by atoms with van der Waals surface area (Å²) in [7, 11) is 4.80. The van der Waals surface area contributed by atoms with E-state index in [4.69, 9.17) is 14.2 Å². The summed E-state index contributed by atoms with van der Waals surface area (Å²) in [5.41, 5.74) is -2.36. The Hall–Kier alpha value is -3.35. The fourth-order valence-corrected chi connectivity index (χ4v) is 6.29. The number of aromatic hydroxyl groups is 2. The molecule has 11 nitrogen and oxygen atoms in total. The average Bonchev–Trinajstić information content (AvgIpc) is 2.87. The third-order valence-electron chi connectivity index (χ3n) is 8.30. The van der Waals surface area contributed by atoms with Gasteiger partial charge in [0.05, 0.1) is 42.1 Å². The normalized spacial score (nSPS) is 31.4. The van der Waals surface area contributed by atoms with E-state index in [0.29, 0.717) is 0 Å². The van der Waals surface area contributed by atoms with Gasteiger partial charge in [-0.1, -0.05) is 12.1 Å². The zero-order valence-corrected chi connectivity index (χ0v) is 22.9. The lowest BCUT2D eigenvalue weighted by molar-refractivity contribution is -0.257.